The number of hydrogen-bond donors (Lipinski definition) is 1. The Bertz CT molecular complexity index is 355. The number of Topliss-reactive ketones (excluding diaryl/α,β-unsaturated/α-hetero) is 1. The van der Waals surface area contributed by atoms with E-state index in [0.29, 0.717) is 24.7 Å². The van der Waals surface area contributed by atoms with Crippen LogP contribution in [0.4, 0.5) is 0 Å². The third-order valence-corrected chi connectivity index (χ3v) is 2.27. The number of aliphatic hydroxyl groups is 1. The Morgan fingerprint density at radius 3 is 2.93 bits per heavy atom. The van der Waals surface area contributed by atoms with E-state index in [1.807, 2.05) is 0 Å². The number of aromatic nitrogens is 2. The highest BCUT2D eigenvalue weighted by molar-refractivity contribution is 5.90. The fourth-order valence-electron chi connectivity index (χ4n) is 1.44. The van der Waals surface area contributed by atoms with Gasteiger partial charge in [-0.05, 0) is 0 Å². The highest BCUT2D eigenvalue weighted by Crippen LogP contribution is 2.20. The van der Waals surface area contributed by atoms with Gasteiger partial charge in [-0.2, -0.15) is 0 Å². The van der Waals surface area contributed by atoms with Crippen LogP contribution >= 0.6 is 0 Å². The summed E-state index contributed by atoms with van der Waals surface area (Å²) in [5, 5.41) is 8.91. The van der Waals surface area contributed by atoms with Crippen molar-refractivity contribution in [3.8, 4) is 0 Å². The normalized spacial score (nSPS) is 16.7. The molecule has 5 heteroatoms. The van der Waals surface area contributed by atoms with Crippen LogP contribution < -0.4 is 0 Å². The van der Waals surface area contributed by atoms with Crippen LogP contribution in [0.1, 0.15) is 29.3 Å². The van der Waals surface area contributed by atoms with Crippen molar-refractivity contribution >= 4 is 5.78 Å². The summed E-state index contributed by atoms with van der Waals surface area (Å²) in [6.07, 6.45) is 1.71. The lowest BCUT2D eigenvalue weighted by atomic mass is 10.2. The van der Waals surface area contributed by atoms with Gasteiger partial charge in [-0.15, -0.1) is 0 Å². The molecule has 1 aliphatic heterocycles. The molecule has 0 bridgehead atoms. The van der Waals surface area contributed by atoms with Crippen molar-refractivity contribution in [1.29, 1.82) is 0 Å². The zero-order valence-electron chi connectivity index (χ0n) is 7.93. The number of aliphatic hydroxyl groups excluding tert-OH is 1. The number of carbonyl (C=O) groups is 1. The lowest BCUT2D eigenvalue weighted by Gasteiger charge is -2.28. The number of nitrogens with zero attached hydrogens (tertiary/aromatic N) is 2. The second-order valence-electron chi connectivity index (χ2n) is 3.37. The molecule has 2 rings (SSSR count). The second kappa shape index (κ2) is 3.51. The first-order valence-electron chi connectivity index (χ1n) is 4.49. The van der Waals surface area contributed by atoms with E-state index < -0.39 is 0 Å². The van der Waals surface area contributed by atoms with E-state index in [0.717, 1.165) is 0 Å². The second-order valence-corrected chi connectivity index (χ2v) is 3.37. The molecule has 0 atom stereocenters. The number of hydrogen-bond acceptors (Lipinski definition) is 4. The van der Waals surface area contributed by atoms with E-state index in [-0.39, 0.29) is 18.4 Å². The molecule has 0 aliphatic carbocycles. The molecule has 0 amide bonds. The maximum atomic E-state index is 11.2. The molecule has 1 N–H and O–H groups in total. The number of ketones is 1. The van der Waals surface area contributed by atoms with Crippen LogP contribution in [0.25, 0.3) is 0 Å². The summed E-state index contributed by atoms with van der Waals surface area (Å²) in [5.74, 6) is 0.318. The average molecular weight is 196 g/mol. The lowest BCUT2D eigenvalue weighted by molar-refractivity contribution is -0.0241. The van der Waals surface area contributed by atoms with Gasteiger partial charge in [-0.25, -0.2) is 4.98 Å². The van der Waals surface area contributed by atoms with E-state index in [9.17, 15) is 4.79 Å². The molecule has 1 aromatic heterocycles. The Labute approximate surface area is 81.3 Å². The van der Waals surface area contributed by atoms with Gasteiger partial charge >= 0.3 is 0 Å². The molecule has 1 aromatic rings. The number of ether oxygens (including phenoxy) is 1. The van der Waals surface area contributed by atoms with Gasteiger partial charge in [0.15, 0.2) is 11.6 Å². The van der Waals surface area contributed by atoms with Crippen molar-refractivity contribution in [2.45, 2.75) is 19.6 Å². The van der Waals surface area contributed by atoms with Gasteiger partial charge < -0.3 is 14.4 Å². The first kappa shape index (κ1) is 9.36. The zero-order valence-corrected chi connectivity index (χ0v) is 7.93. The topological polar surface area (TPSA) is 64.3 Å². The van der Waals surface area contributed by atoms with Gasteiger partial charge in [0, 0.05) is 13.1 Å². The van der Waals surface area contributed by atoms with Crippen molar-refractivity contribution in [3.63, 3.8) is 0 Å². The molecule has 76 valence electrons. The van der Waals surface area contributed by atoms with E-state index in [2.05, 4.69) is 4.98 Å². The largest absolute Gasteiger partial charge is 0.390 e. The smallest absolute Gasteiger partial charge is 0.195 e. The quantitative estimate of drug-likeness (QED) is 0.699. The molecular weight excluding hydrogens is 184 g/mol. The molecule has 0 spiro atoms. The van der Waals surface area contributed by atoms with Gasteiger partial charge in [0.25, 0.3) is 0 Å². The summed E-state index contributed by atoms with van der Waals surface area (Å²) in [5.41, 5.74) is 0.530. The number of imidazole rings is 1. The third-order valence-electron chi connectivity index (χ3n) is 2.27. The van der Waals surface area contributed by atoms with Crippen LogP contribution in [-0.4, -0.2) is 33.7 Å². The van der Waals surface area contributed by atoms with Gasteiger partial charge in [0.2, 0.25) is 0 Å². The molecule has 0 saturated carbocycles. The molecule has 0 radical (unpaired) electrons. The molecule has 5 nitrogen and oxygen atoms in total. The molecule has 2 heterocycles. The van der Waals surface area contributed by atoms with Crippen LogP contribution in [0.3, 0.4) is 0 Å². The van der Waals surface area contributed by atoms with Gasteiger partial charge in [0.05, 0.1) is 31.6 Å². The number of rotatable bonds is 3. The fraction of sp³-hybridized carbons (Fsp3) is 0.556. The minimum atomic E-state index is -0.138. The van der Waals surface area contributed by atoms with Crippen LogP contribution in [0.5, 0.6) is 0 Å². The minimum absolute atomic E-state index is 0.0865. The van der Waals surface area contributed by atoms with Crippen molar-refractivity contribution in [1.82, 2.24) is 9.55 Å². The Hall–Kier alpha value is -1.20. The Morgan fingerprint density at radius 1 is 1.79 bits per heavy atom. The average Bonchev–Trinajstić information content (AvgIpc) is 2.45. The van der Waals surface area contributed by atoms with Crippen molar-refractivity contribution in [2.75, 3.05) is 13.2 Å². The third kappa shape index (κ3) is 1.44. The molecular formula is C9H12N2O3. The number of carbonyl (C=O) groups excluding carboxylic acids is 1. The summed E-state index contributed by atoms with van der Waals surface area (Å²) < 4.78 is 6.83. The monoisotopic (exact) mass is 196 g/mol. The maximum absolute atomic E-state index is 11.2. The van der Waals surface area contributed by atoms with E-state index >= 15 is 0 Å². The molecule has 0 aromatic carbocycles. The molecule has 1 aliphatic rings. The first-order valence-corrected chi connectivity index (χ1v) is 4.49. The Balaban J connectivity index is 2.34. The van der Waals surface area contributed by atoms with E-state index in [1.165, 1.54) is 6.92 Å². The standard InChI is InChI=1S/C9H12N2O3/c1-6(13)9-10-7(3-12)2-11(9)8-4-14-5-8/h2,8,12H,3-5H2,1H3. The van der Waals surface area contributed by atoms with Crippen molar-refractivity contribution in [2.24, 2.45) is 0 Å². The van der Waals surface area contributed by atoms with Gasteiger partial charge in [0.1, 0.15) is 0 Å². The maximum Gasteiger partial charge on any atom is 0.195 e. The first-order chi connectivity index (χ1) is 6.72. The highest BCUT2D eigenvalue weighted by atomic mass is 16.5. The highest BCUT2D eigenvalue weighted by Gasteiger charge is 2.25. The summed E-state index contributed by atoms with van der Waals surface area (Å²) >= 11 is 0. The predicted octanol–water partition coefficient (Wildman–Crippen LogP) is 0.149. The summed E-state index contributed by atoms with van der Waals surface area (Å²) in [6, 6.07) is 0.196. The summed E-state index contributed by atoms with van der Waals surface area (Å²) in [4.78, 5) is 15.3. The lowest BCUT2D eigenvalue weighted by Crippen LogP contribution is -2.32. The summed E-state index contributed by atoms with van der Waals surface area (Å²) in [7, 11) is 0. The molecule has 1 saturated heterocycles. The van der Waals surface area contributed by atoms with Gasteiger partial charge in [-0.3, -0.25) is 4.79 Å². The van der Waals surface area contributed by atoms with Gasteiger partial charge in [-0.1, -0.05) is 0 Å². The minimum Gasteiger partial charge on any atom is -0.390 e. The Morgan fingerprint density at radius 2 is 2.50 bits per heavy atom. The van der Waals surface area contributed by atoms with E-state index in [1.54, 1.807) is 10.8 Å². The van der Waals surface area contributed by atoms with Crippen molar-refractivity contribution in [3.05, 3.63) is 17.7 Å². The van der Waals surface area contributed by atoms with Crippen LogP contribution in [0, 0.1) is 0 Å². The molecule has 1 fully saturated rings. The zero-order chi connectivity index (χ0) is 10.1. The molecule has 14 heavy (non-hydrogen) atoms. The SMILES string of the molecule is CC(=O)c1nc(CO)cn1C1COC1. The van der Waals surface area contributed by atoms with Crippen molar-refractivity contribution < 1.29 is 14.6 Å². The van der Waals surface area contributed by atoms with Crippen LogP contribution in [-0.2, 0) is 11.3 Å². The van der Waals surface area contributed by atoms with Crippen LogP contribution in [0.15, 0.2) is 6.20 Å². The van der Waals surface area contributed by atoms with E-state index in [4.69, 9.17) is 9.84 Å². The fourth-order valence-corrected chi connectivity index (χ4v) is 1.44. The predicted molar refractivity (Wildman–Crippen MR) is 48.0 cm³/mol. The summed E-state index contributed by atoms with van der Waals surface area (Å²) in [6.45, 7) is 2.56. The Kier molecular flexibility index (Phi) is 2.35. The van der Waals surface area contributed by atoms with Crippen LogP contribution in [0.2, 0.25) is 0 Å². The molecule has 0 unspecified atom stereocenters.